The fourth-order valence-corrected chi connectivity index (χ4v) is 0.288. The van der Waals surface area contributed by atoms with E-state index < -0.39 is 18.2 Å². The summed E-state index contributed by atoms with van der Waals surface area (Å²) in [7, 11) is 0. The van der Waals surface area contributed by atoms with Crippen LogP contribution in [0.2, 0.25) is 0 Å². The lowest BCUT2D eigenvalue weighted by Crippen LogP contribution is -2.06. The standard InChI is InChI=1S/C6H8O3/c1-4(2)5(7)3-6(8)9/h1,3H2,2H3,(H,8,9). The molecule has 0 amide bonds. The van der Waals surface area contributed by atoms with Gasteiger partial charge in [-0.3, -0.25) is 9.59 Å². The molecule has 0 saturated heterocycles. The summed E-state index contributed by atoms with van der Waals surface area (Å²) in [5.74, 6) is -1.52. The summed E-state index contributed by atoms with van der Waals surface area (Å²) in [5.41, 5.74) is 0.289. The van der Waals surface area contributed by atoms with Gasteiger partial charge in [0.1, 0.15) is 6.42 Å². The Kier molecular flexibility index (Phi) is 2.64. The van der Waals surface area contributed by atoms with Crippen LogP contribution in [0.4, 0.5) is 0 Å². The summed E-state index contributed by atoms with van der Waals surface area (Å²) < 4.78 is 0. The molecule has 0 aromatic rings. The van der Waals surface area contributed by atoms with Crippen molar-refractivity contribution < 1.29 is 14.7 Å². The van der Waals surface area contributed by atoms with Gasteiger partial charge in [0.05, 0.1) is 0 Å². The molecule has 50 valence electrons. The van der Waals surface area contributed by atoms with Gasteiger partial charge in [-0.05, 0) is 12.5 Å². The minimum absolute atomic E-state index is 0.289. The molecule has 0 aromatic heterocycles. The molecule has 3 nitrogen and oxygen atoms in total. The number of carbonyl (C=O) groups excluding carboxylic acids is 1. The van der Waals surface area contributed by atoms with Crippen molar-refractivity contribution in [1.82, 2.24) is 0 Å². The number of ketones is 1. The summed E-state index contributed by atoms with van der Waals surface area (Å²) in [6.45, 7) is 4.79. The van der Waals surface area contributed by atoms with E-state index in [-0.39, 0.29) is 5.57 Å². The molecule has 0 spiro atoms. The number of aliphatic carboxylic acids is 1. The smallest absolute Gasteiger partial charge is 0.311 e. The molecule has 0 fully saturated rings. The predicted octanol–water partition coefficient (Wildman–Crippen LogP) is 0.606. The van der Waals surface area contributed by atoms with Crippen LogP contribution >= 0.6 is 0 Å². The van der Waals surface area contributed by atoms with Crippen molar-refractivity contribution in [1.29, 1.82) is 0 Å². The zero-order chi connectivity index (χ0) is 7.44. The summed E-state index contributed by atoms with van der Waals surface area (Å²) in [6.07, 6.45) is -0.449. The zero-order valence-corrected chi connectivity index (χ0v) is 5.18. The molecular weight excluding hydrogens is 120 g/mol. The van der Waals surface area contributed by atoms with Crippen LogP contribution in [0.5, 0.6) is 0 Å². The molecule has 3 heteroatoms. The van der Waals surface area contributed by atoms with Crippen molar-refractivity contribution in [3.8, 4) is 0 Å². The number of carboxylic acid groups (broad SMARTS) is 1. The van der Waals surface area contributed by atoms with Crippen LogP contribution in [0, 0.1) is 0 Å². The Morgan fingerprint density at radius 3 is 2.11 bits per heavy atom. The van der Waals surface area contributed by atoms with Crippen LogP contribution in [0.15, 0.2) is 12.2 Å². The van der Waals surface area contributed by atoms with Gasteiger partial charge in [0.2, 0.25) is 0 Å². The van der Waals surface area contributed by atoms with E-state index in [1.807, 2.05) is 0 Å². The number of allylic oxidation sites excluding steroid dienone is 1. The molecule has 0 aliphatic carbocycles. The minimum atomic E-state index is -1.11. The number of rotatable bonds is 3. The summed E-state index contributed by atoms with van der Waals surface area (Å²) in [4.78, 5) is 20.3. The van der Waals surface area contributed by atoms with Crippen LogP contribution in [-0.4, -0.2) is 16.9 Å². The third kappa shape index (κ3) is 3.46. The molecular formula is C6H8O3. The molecule has 0 unspecified atom stereocenters. The first-order valence-electron chi connectivity index (χ1n) is 2.44. The van der Waals surface area contributed by atoms with Crippen molar-refractivity contribution in [3.63, 3.8) is 0 Å². The maximum atomic E-state index is 10.5. The van der Waals surface area contributed by atoms with Crippen LogP contribution < -0.4 is 0 Å². The van der Waals surface area contributed by atoms with Crippen LogP contribution in [0.1, 0.15) is 13.3 Å². The number of carbonyl (C=O) groups is 2. The van der Waals surface area contributed by atoms with E-state index in [4.69, 9.17) is 5.11 Å². The van der Waals surface area contributed by atoms with Gasteiger partial charge >= 0.3 is 5.97 Å². The molecule has 0 heterocycles. The maximum Gasteiger partial charge on any atom is 0.311 e. The van der Waals surface area contributed by atoms with Crippen molar-refractivity contribution in [2.24, 2.45) is 0 Å². The zero-order valence-electron chi connectivity index (χ0n) is 5.18. The molecule has 0 atom stereocenters. The highest BCUT2D eigenvalue weighted by Gasteiger charge is 2.06. The highest BCUT2D eigenvalue weighted by atomic mass is 16.4. The van der Waals surface area contributed by atoms with Gasteiger partial charge in [-0.25, -0.2) is 0 Å². The Morgan fingerprint density at radius 1 is 1.56 bits per heavy atom. The second-order valence-corrected chi connectivity index (χ2v) is 1.77. The second kappa shape index (κ2) is 3.02. The van der Waals surface area contributed by atoms with Crippen molar-refractivity contribution in [3.05, 3.63) is 12.2 Å². The lowest BCUT2D eigenvalue weighted by molar-refractivity contribution is -0.139. The Hall–Kier alpha value is -1.12. The Labute approximate surface area is 53.0 Å². The monoisotopic (exact) mass is 128 g/mol. The fraction of sp³-hybridized carbons (Fsp3) is 0.333. The summed E-state index contributed by atoms with van der Waals surface area (Å²) >= 11 is 0. The average molecular weight is 128 g/mol. The number of hydrogen-bond acceptors (Lipinski definition) is 2. The molecule has 0 aliphatic heterocycles. The fourth-order valence-electron chi connectivity index (χ4n) is 0.288. The van der Waals surface area contributed by atoms with Gasteiger partial charge in [-0.1, -0.05) is 6.58 Å². The average Bonchev–Trinajstić information content (AvgIpc) is 1.63. The normalized spacial score (nSPS) is 8.56. The molecule has 0 radical (unpaired) electrons. The third-order valence-corrected chi connectivity index (χ3v) is 0.788. The lowest BCUT2D eigenvalue weighted by atomic mass is 10.2. The first-order chi connectivity index (χ1) is 4.04. The highest BCUT2D eigenvalue weighted by Crippen LogP contribution is 1.93. The van der Waals surface area contributed by atoms with Crippen LogP contribution in [-0.2, 0) is 9.59 Å². The minimum Gasteiger partial charge on any atom is -0.481 e. The maximum absolute atomic E-state index is 10.5. The molecule has 1 N–H and O–H groups in total. The van der Waals surface area contributed by atoms with Crippen LogP contribution in [0.3, 0.4) is 0 Å². The molecule has 9 heavy (non-hydrogen) atoms. The van der Waals surface area contributed by atoms with E-state index in [9.17, 15) is 9.59 Å². The number of hydrogen-bond donors (Lipinski definition) is 1. The van der Waals surface area contributed by atoms with Crippen molar-refractivity contribution in [2.45, 2.75) is 13.3 Å². The van der Waals surface area contributed by atoms with Crippen molar-refractivity contribution >= 4 is 11.8 Å². The molecule has 0 aliphatic rings. The van der Waals surface area contributed by atoms with Gasteiger partial charge in [0.15, 0.2) is 5.78 Å². The first-order valence-corrected chi connectivity index (χ1v) is 2.44. The van der Waals surface area contributed by atoms with Gasteiger partial charge in [0.25, 0.3) is 0 Å². The van der Waals surface area contributed by atoms with E-state index in [0.717, 1.165) is 0 Å². The van der Waals surface area contributed by atoms with E-state index in [0.29, 0.717) is 0 Å². The summed E-state index contributed by atoms with van der Waals surface area (Å²) in [6, 6.07) is 0. The summed E-state index contributed by atoms with van der Waals surface area (Å²) in [5, 5.41) is 8.07. The Morgan fingerprint density at radius 2 is 2.00 bits per heavy atom. The predicted molar refractivity (Wildman–Crippen MR) is 32.1 cm³/mol. The van der Waals surface area contributed by atoms with Gasteiger partial charge in [-0.2, -0.15) is 0 Å². The van der Waals surface area contributed by atoms with Crippen LogP contribution in [0.25, 0.3) is 0 Å². The third-order valence-electron chi connectivity index (χ3n) is 0.788. The van der Waals surface area contributed by atoms with E-state index in [1.165, 1.54) is 6.92 Å². The number of Topliss-reactive ketones (excluding diaryl/α,β-unsaturated/α-hetero) is 1. The van der Waals surface area contributed by atoms with E-state index in [2.05, 4.69) is 6.58 Å². The molecule has 0 rings (SSSR count). The van der Waals surface area contributed by atoms with Gasteiger partial charge in [-0.15, -0.1) is 0 Å². The second-order valence-electron chi connectivity index (χ2n) is 1.77. The highest BCUT2D eigenvalue weighted by molar-refractivity contribution is 6.04. The Bertz CT molecular complexity index is 158. The number of carboxylic acids is 1. The topological polar surface area (TPSA) is 54.4 Å². The molecule has 0 saturated carbocycles. The van der Waals surface area contributed by atoms with E-state index >= 15 is 0 Å². The lowest BCUT2D eigenvalue weighted by Gasteiger charge is -1.91. The van der Waals surface area contributed by atoms with Crippen molar-refractivity contribution in [2.75, 3.05) is 0 Å². The first kappa shape index (κ1) is 7.88. The SMILES string of the molecule is C=C(C)C(=O)CC(=O)O. The Balaban J connectivity index is 3.79. The van der Waals surface area contributed by atoms with Gasteiger partial charge in [0, 0.05) is 0 Å². The molecule has 0 aromatic carbocycles. The largest absolute Gasteiger partial charge is 0.481 e. The van der Waals surface area contributed by atoms with Gasteiger partial charge < -0.3 is 5.11 Å². The molecule has 0 bridgehead atoms. The van der Waals surface area contributed by atoms with E-state index in [1.54, 1.807) is 0 Å². The quantitative estimate of drug-likeness (QED) is 0.447.